The van der Waals surface area contributed by atoms with Crippen LogP contribution >= 0.6 is 0 Å². The molecule has 2 aliphatic rings. The van der Waals surface area contributed by atoms with Crippen molar-refractivity contribution >= 4 is 5.91 Å². The van der Waals surface area contributed by atoms with Gasteiger partial charge < -0.3 is 14.4 Å². The van der Waals surface area contributed by atoms with E-state index in [2.05, 4.69) is 0 Å². The highest BCUT2D eigenvalue weighted by Gasteiger charge is 2.27. The summed E-state index contributed by atoms with van der Waals surface area (Å²) in [5.41, 5.74) is 0. The maximum atomic E-state index is 13.1. The summed E-state index contributed by atoms with van der Waals surface area (Å²) in [4.78, 5) is 14.2. The van der Waals surface area contributed by atoms with Gasteiger partial charge in [0.05, 0.1) is 0 Å². The summed E-state index contributed by atoms with van der Waals surface area (Å²) in [7, 11) is 0. The minimum atomic E-state index is -0.288. The molecule has 0 bridgehead atoms. The topological polar surface area (TPSA) is 38.8 Å². The van der Waals surface area contributed by atoms with E-state index in [0.717, 1.165) is 25.9 Å². The molecule has 1 amide bonds. The first-order chi connectivity index (χ1) is 10.7. The number of nitrogens with zero attached hydrogens (tertiary/aromatic N) is 1. The first kappa shape index (κ1) is 15.3. The lowest BCUT2D eigenvalue weighted by Crippen LogP contribution is -2.42. The maximum absolute atomic E-state index is 13.1. The van der Waals surface area contributed by atoms with Crippen molar-refractivity contribution in [2.24, 2.45) is 5.92 Å². The minimum absolute atomic E-state index is 0.0562. The van der Waals surface area contributed by atoms with Crippen LogP contribution in [-0.2, 0) is 9.53 Å². The molecular weight excluding hydrogens is 285 g/mol. The van der Waals surface area contributed by atoms with Crippen molar-refractivity contribution in [2.45, 2.75) is 31.8 Å². The second kappa shape index (κ2) is 7.09. The lowest BCUT2D eigenvalue weighted by Gasteiger charge is -2.32. The van der Waals surface area contributed by atoms with Crippen molar-refractivity contribution in [3.8, 4) is 5.75 Å². The highest BCUT2D eigenvalue weighted by Crippen LogP contribution is 2.22. The first-order valence-electron chi connectivity index (χ1n) is 7.98. The molecule has 0 saturated carbocycles. The number of ether oxygens (including phenoxy) is 2. The highest BCUT2D eigenvalue weighted by atomic mass is 19.1. The molecule has 0 N–H and O–H groups in total. The van der Waals surface area contributed by atoms with Crippen LogP contribution in [0.5, 0.6) is 5.75 Å². The van der Waals surface area contributed by atoms with Crippen molar-refractivity contribution in [3.05, 3.63) is 30.1 Å². The number of carbonyl (C=O) groups is 1. The van der Waals surface area contributed by atoms with E-state index in [-0.39, 0.29) is 17.8 Å². The van der Waals surface area contributed by atoms with Crippen molar-refractivity contribution in [2.75, 3.05) is 26.3 Å². The highest BCUT2D eigenvalue weighted by molar-refractivity contribution is 5.76. The Bertz CT molecular complexity index is 508. The molecule has 4 nitrogen and oxygen atoms in total. The Morgan fingerprint density at radius 1 is 1.32 bits per heavy atom. The van der Waals surface area contributed by atoms with Gasteiger partial charge in [-0.1, -0.05) is 6.07 Å². The van der Waals surface area contributed by atoms with Crippen LogP contribution in [0.4, 0.5) is 4.39 Å². The lowest BCUT2D eigenvalue weighted by molar-refractivity contribution is -0.134. The van der Waals surface area contributed by atoms with E-state index in [0.29, 0.717) is 37.8 Å². The van der Waals surface area contributed by atoms with Crippen molar-refractivity contribution < 1.29 is 18.7 Å². The Morgan fingerprint density at radius 2 is 2.14 bits per heavy atom. The summed E-state index contributed by atoms with van der Waals surface area (Å²) >= 11 is 0. The van der Waals surface area contributed by atoms with Gasteiger partial charge in [-0.2, -0.15) is 0 Å². The summed E-state index contributed by atoms with van der Waals surface area (Å²) in [5, 5.41) is 0. The number of piperidine rings is 1. The summed E-state index contributed by atoms with van der Waals surface area (Å²) in [6.07, 6.45) is 3.23. The standard InChI is InChI=1S/C17H22FNO3/c18-14-2-1-3-16(11-14)22-15-4-7-19(8-5-15)17(20)10-13-6-9-21-12-13/h1-3,11,13,15H,4-10,12H2. The molecule has 0 radical (unpaired) electrons. The number of halogens is 1. The Morgan fingerprint density at radius 3 is 2.82 bits per heavy atom. The normalized spacial score (nSPS) is 22.8. The van der Waals surface area contributed by atoms with Crippen LogP contribution in [0, 0.1) is 11.7 Å². The molecule has 0 spiro atoms. The Balaban J connectivity index is 1.44. The minimum Gasteiger partial charge on any atom is -0.490 e. The fourth-order valence-electron chi connectivity index (χ4n) is 3.08. The molecular formula is C17H22FNO3. The van der Waals surface area contributed by atoms with E-state index in [4.69, 9.17) is 9.47 Å². The SMILES string of the molecule is O=C(CC1CCOC1)N1CCC(Oc2cccc(F)c2)CC1. The molecule has 120 valence electrons. The van der Waals surface area contributed by atoms with Crippen LogP contribution in [0.2, 0.25) is 0 Å². The number of rotatable bonds is 4. The number of likely N-dealkylation sites (tertiary alicyclic amines) is 1. The van der Waals surface area contributed by atoms with Gasteiger partial charge in [0.25, 0.3) is 0 Å². The van der Waals surface area contributed by atoms with Crippen LogP contribution < -0.4 is 4.74 Å². The fourth-order valence-corrected chi connectivity index (χ4v) is 3.08. The van der Waals surface area contributed by atoms with Crippen LogP contribution in [0.1, 0.15) is 25.7 Å². The molecule has 1 aromatic carbocycles. The van der Waals surface area contributed by atoms with Gasteiger partial charge in [0.2, 0.25) is 5.91 Å². The fraction of sp³-hybridized carbons (Fsp3) is 0.588. The van der Waals surface area contributed by atoms with Crippen molar-refractivity contribution in [3.63, 3.8) is 0 Å². The monoisotopic (exact) mass is 307 g/mol. The third-order valence-electron chi connectivity index (χ3n) is 4.38. The Kier molecular flexibility index (Phi) is 4.93. The predicted molar refractivity (Wildman–Crippen MR) is 80.2 cm³/mol. The molecule has 22 heavy (non-hydrogen) atoms. The molecule has 1 unspecified atom stereocenters. The summed E-state index contributed by atoms with van der Waals surface area (Å²) in [5.74, 6) is 0.880. The zero-order valence-corrected chi connectivity index (χ0v) is 12.7. The molecule has 3 rings (SSSR count). The van der Waals surface area contributed by atoms with Gasteiger partial charge in [-0.15, -0.1) is 0 Å². The molecule has 0 aliphatic carbocycles. The Labute approximate surface area is 130 Å². The molecule has 1 aromatic rings. The number of benzene rings is 1. The van der Waals surface area contributed by atoms with Gasteiger partial charge in [-0.25, -0.2) is 4.39 Å². The van der Waals surface area contributed by atoms with E-state index in [1.165, 1.54) is 12.1 Å². The summed E-state index contributed by atoms with van der Waals surface area (Å²) in [6, 6.07) is 6.21. The molecule has 1 atom stereocenters. The van der Waals surface area contributed by atoms with Gasteiger partial charge >= 0.3 is 0 Å². The molecule has 2 saturated heterocycles. The van der Waals surface area contributed by atoms with E-state index in [1.807, 2.05) is 4.90 Å². The third-order valence-corrected chi connectivity index (χ3v) is 4.38. The predicted octanol–water partition coefficient (Wildman–Crippen LogP) is 2.62. The zero-order valence-electron chi connectivity index (χ0n) is 12.7. The van der Waals surface area contributed by atoms with Gasteiger partial charge in [0.1, 0.15) is 17.7 Å². The number of amides is 1. The lowest BCUT2D eigenvalue weighted by atomic mass is 10.0. The van der Waals surface area contributed by atoms with Crippen LogP contribution in [-0.4, -0.2) is 43.2 Å². The quantitative estimate of drug-likeness (QED) is 0.858. The van der Waals surface area contributed by atoms with Crippen molar-refractivity contribution in [1.82, 2.24) is 4.90 Å². The largest absolute Gasteiger partial charge is 0.490 e. The zero-order chi connectivity index (χ0) is 15.4. The van der Waals surface area contributed by atoms with Crippen LogP contribution in [0.3, 0.4) is 0 Å². The van der Waals surface area contributed by atoms with Crippen LogP contribution in [0.15, 0.2) is 24.3 Å². The van der Waals surface area contributed by atoms with Crippen molar-refractivity contribution in [1.29, 1.82) is 0 Å². The first-order valence-corrected chi connectivity index (χ1v) is 7.98. The van der Waals surface area contributed by atoms with E-state index < -0.39 is 0 Å². The van der Waals surface area contributed by atoms with Crippen LogP contribution in [0.25, 0.3) is 0 Å². The number of carbonyl (C=O) groups excluding carboxylic acids is 1. The van der Waals surface area contributed by atoms with E-state index in [9.17, 15) is 9.18 Å². The third kappa shape index (κ3) is 3.97. The summed E-state index contributed by atoms with van der Waals surface area (Å²) in [6.45, 7) is 2.92. The van der Waals surface area contributed by atoms with Gasteiger partial charge in [-0.05, 0) is 24.5 Å². The molecule has 0 aromatic heterocycles. The average molecular weight is 307 g/mol. The number of hydrogen-bond acceptors (Lipinski definition) is 3. The molecule has 2 fully saturated rings. The average Bonchev–Trinajstić information content (AvgIpc) is 3.01. The van der Waals surface area contributed by atoms with E-state index in [1.54, 1.807) is 12.1 Å². The second-order valence-corrected chi connectivity index (χ2v) is 6.09. The van der Waals surface area contributed by atoms with Gasteiger partial charge in [-0.3, -0.25) is 4.79 Å². The van der Waals surface area contributed by atoms with Gasteiger partial charge in [0.15, 0.2) is 0 Å². The molecule has 5 heteroatoms. The smallest absolute Gasteiger partial charge is 0.222 e. The maximum Gasteiger partial charge on any atom is 0.222 e. The Hall–Kier alpha value is -1.62. The molecule has 2 aliphatic heterocycles. The summed E-state index contributed by atoms with van der Waals surface area (Å²) < 4.78 is 24.3. The number of hydrogen-bond donors (Lipinski definition) is 0. The van der Waals surface area contributed by atoms with E-state index >= 15 is 0 Å². The second-order valence-electron chi connectivity index (χ2n) is 6.09. The van der Waals surface area contributed by atoms with Gasteiger partial charge in [0, 0.05) is 51.6 Å². The molecule has 2 heterocycles.